The monoisotopic (exact) mass is 580 g/mol. The summed E-state index contributed by atoms with van der Waals surface area (Å²) in [5, 5.41) is 6.88. The van der Waals surface area contributed by atoms with Gasteiger partial charge in [0.2, 0.25) is 11.9 Å². The van der Waals surface area contributed by atoms with Gasteiger partial charge in [-0.3, -0.25) is 10.1 Å². The Bertz CT molecular complexity index is 1460. The topological polar surface area (TPSA) is 99.2 Å². The molecule has 1 aromatic carbocycles. The van der Waals surface area contributed by atoms with Gasteiger partial charge in [-0.1, -0.05) is 35.6 Å². The number of aromatic nitrogens is 4. The van der Waals surface area contributed by atoms with Crippen LogP contribution in [0.4, 0.5) is 27.1 Å². The Hall–Kier alpha value is -3.83. The Balaban J connectivity index is 1.29. The molecule has 12 heteroatoms. The van der Waals surface area contributed by atoms with Crippen molar-refractivity contribution in [2.24, 2.45) is 0 Å². The standard InChI is InChI=1S/C28H30ClFN8OS/c1-4-17(3)23(21(29)5-2)32-25(39)22-16-31-28(40-22)36-26-33-24(18-6-7-18)34-27(35-26)38-14-12-37(13-15-38)20-10-8-19(30)9-11-20/h4-5,8-11,16,18H,2,6-7,12-15H2,1,3H3,(H,32,39)(H,31,33,34,35,36). The van der Waals surface area contributed by atoms with Gasteiger partial charge < -0.3 is 15.1 Å². The molecule has 40 heavy (non-hydrogen) atoms. The molecule has 2 aromatic heterocycles. The van der Waals surface area contributed by atoms with E-state index in [2.05, 4.69) is 37.0 Å². The molecule has 1 saturated heterocycles. The number of halogens is 2. The van der Waals surface area contributed by atoms with E-state index in [-0.39, 0.29) is 11.7 Å². The number of anilines is 4. The zero-order valence-electron chi connectivity index (χ0n) is 22.3. The van der Waals surface area contributed by atoms with Crippen LogP contribution < -0.4 is 20.4 Å². The van der Waals surface area contributed by atoms with E-state index in [0.29, 0.717) is 38.6 Å². The van der Waals surface area contributed by atoms with Crippen LogP contribution in [0.25, 0.3) is 0 Å². The summed E-state index contributed by atoms with van der Waals surface area (Å²) in [6, 6.07) is 6.57. The van der Waals surface area contributed by atoms with Crippen LogP contribution >= 0.6 is 22.9 Å². The van der Waals surface area contributed by atoms with Gasteiger partial charge in [0.05, 0.1) is 16.9 Å². The number of benzene rings is 1. The summed E-state index contributed by atoms with van der Waals surface area (Å²) in [7, 11) is 0. The number of hydrogen-bond acceptors (Lipinski definition) is 9. The second kappa shape index (κ2) is 12.1. The number of hydrogen-bond donors (Lipinski definition) is 2. The second-order valence-electron chi connectivity index (χ2n) is 9.55. The number of carbonyl (C=O) groups excluding carboxylic acids is 1. The van der Waals surface area contributed by atoms with Crippen LogP contribution in [0, 0.1) is 5.82 Å². The van der Waals surface area contributed by atoms with Gasteiger partial charge in [-0.05, 0) is 62.6 Å². The highest BCUT2D eigenvalue weighted by Gasteiger charge is 2.29. The van der Waals surface area contributed by atoms with Gasteiger partial charge in [-0.15, -0.1) is 0 Å². The first kappa shape index (κ1) is 27.7. The lowest BCUT2D eigenvalue weighted by Gasteiger charge is -2.36. The molecular formula is C28H30ClFN8OS. The third-order valence-corrected chi connectivity index (χ3v) is 8.02. The minimum Gasteiger partial charge on any atom is -0.368 e. The Labute approximate surface area is 241 Å². The minimum absolute atomic E-state index is 0.240. The van der Waals surface area contributed by atoms with E-state index in [4.69, 9.17) is 21.6 Å². The predicted molar refractivity (Wildman–Crippen MR) is 158 cm³/mol. The van der Waals surface area contributed by atoms with Crippen LogP contribution in [-0.2, 0) is 0 Å². The Morgan fingerprint density at radius 1 is 1.12 bits per heavy atom. The molecule has 3 aromatic rings. The molecule has 2 aliphatic rings. The van der Waals surface area contributed by atoms with Crippen molar-refractivity contribution in [3.05, 3.63) is 82.0 Å². The fourth-order valence-electron chi connectivity index (χ4n) is 4.22. The Kier molecular flexibility index (Phi) is 8.41. The van der Waals surface area contributed by atoms with Gasteiger partial charge in [0.25, 0.3) is 5.91 Å². The third kappa shape index (κ3) is 6.48. The lowest BCUT2D eigenvalue weighted by Crippen LogP contribution is -2.47. The van der Waals surface area contributed by atoms with Crippen LogP contribution in [0.2, 0.25) is 0 Å². The number of nitrogens with one attached hydrogen (secondary N) is 2. The lowest BCUT2D eigenvalue weighted by atomic mass is 10.2. The largest absolute Gasteiger partial charge is 0.368 e. The molecule has 0 spiro atoms. The predicted octanol–water partition coefficient (Wildman–Crippen LogP) is 5.75. The van der Waals surface area contributed by atoms with Crippen LogP contribution in [-0.4, -0.2) is 52.0 Å². The molecule has 0 radical (unpaired) electrons. The normalized spacial score (nSPS) is 16.4. The van der Waals surface area contributed by atoms with Crippen molar-refractivity contribution in [1.29, 1.82) is 0 Å². The van der Waals surface area contributed by atoms with E-state index in [9.17, 15) is 9.18 Å². The van der Waals surface area contributed by atoms with Crippen molar-refractivity contribution in [2.75, 3.05) is 41.3 Å². The maximum Gasteiger partial charge on any atom is 0.267 e. The quantitative estimate of drug-likeness (QED) is 0.309. The Morgan fingerprint density at radius 3 is 2.48 bits per heavy atom. The van der Waals surface area contributed by atoms with E-state index in [1.54, 1.807) is 12.1 Å². The first-order valence-electron chi connectivity index (χ1n) is 13.1. The zero-order valence-corrected chi connectivity index (χ0v) is 23.9. The average Bonchev–Trinajstić information content (AvgIpc) is 3.73. The van der Waals surface area contributed by atoms with Crippen LogP contribution in [0.15, 0.2) is 65.5 Å². The van der Waals surface area contributed by atoms with Gasteiger partial charge in [-0.25, -0.2) is 9.37 Å². The summed E-state index contributed by atoms with van der Waals surface area (Å²) in [5.74, 6) is 1.54. The lowest BCUT2D eigenvalue weighted by molar-refractivity contribution is 0.0970. The highest BCUT2D eigenvalue weighted by Crippen LogP contribution is 2.39. The highest BCUT2D eigenvalue weighted by atomic mass is 35.5. The van der Waals surface area contributed by atoms with Crippen LogP contribution in [0.1, 0.15) is 48.1 Å². The summed E-state index contributed by atoms with van der Waals surface area (Å²) in [4.78, 5) is 36.2. The molecule has 0 unspecified atom stereocenters. The van der Waals surface area contributed by atoms with Crippen molar-refractivity contribution in [3.8, 4) is 0 Å². The van der Waals surface area contributed by atoms with Gasteiger partial charge in [-0.2, -0.15) is 15.0 Å². The molecule has 0 atom stereocenters. The molecule has 3 heterocycles. The number of piperazine rings is 1. The average molecular weight is 581 g/mol. The molecule has 208 valence electrons. The fourth-order valence-corrected chi connectivity index (χ4v) is 5.12. The van der Waals surface area contributed by atoms with Crippen molar-refractivity contribution >= 4 is 51.6 Å². The molecule has 1 aliphatic heterocycles. The van der Waals surface area contributed by atoms with Crippen molar-refractivity contribution in [1.82, 2.24) is 25.3 Å². The summed E-state index contributed by atoms with van der Waals surface area (Å²) >= 11 is 7.45. The SMILES string of the molecule is C=CC(Cl)=C(NC(=O)c1cnc(Nc2nc(C3CC3)nc(N3CCN(c4ccc(F)cc4)CC3)n2)s1)C(C)=CC. The van der Waals surface area contributed by atoms with E-state index < -0.39 is 0 Å². The van der Waals surface area contributed by atoms with Crippen molar-refractivity contribution < 1.29 is 9.18 Å². The summed E-state index contributed by atoms with van der Waals surface area (Å²) in [6.07, 6.45) is 6.96. The number of allylic oxidation sites excluding steroid dienone is 4. The third-order valence-electron chi connectivity index (χ3n) is 6.77. The van der Waals surface area contributed by atoms with Gasteiger partial charge >= 0.3 is 0 Å². The van der Waals surface area contributed by atoms with Crippen molar-refractivity contribution in [2.45, 2.75) is 32.6 Å². The van der Waals surface area contributed by atoms with Gasteiger partial charge in [0.15, 0.2) is 5.13 Å². The number of rotatable bonds is 9. The molecule has 1 amide bonds. The molecule has 9 nitrogen and oxygen atoms in total. The second-order valence-corrected chi connectivity index (χ2v) is 11.0. The first-order chi connectivity index (χ1) is 19.3. The van der Waals surface area contributed by atoms with Gasteiger partial charge in [0.1, 0.15) is 16.5 Å². The molecule has 5 rings (SSSR count). The minimum atomic E-state index is -0.323. The molecule has 1 aliphatic carbocycles. The summed E-state index contributed by atoms with van der Waals surface area (Å²) in [6.45, 7) is 10.4. The van der Waals surface area contributed by atoms with Crippen molar-refractivity contribution in [3.63, 3.8) is 0 Å². The van der Waals surface area contributed by atoms with Crippen LogP contribution in [0.5, 0.6) is 0 Å². The maximum atomic E-state index is 13.3. The molecule has 1 saturated carbocycles. The number of thiazole rings is 1. The molecular weight excluding hydrogens is 551 g/mol. The van der Waals surface area contributed by atoms with E-state index in [0.717, 1.165) is 56.1 Å². The molecule has 0 bridgehead atoms. The summed E-state index contributed by atoms with van der Waals surface area (Å²) in [5.41, 5.74) is 2.32. The van der Waals surface area contributed by atoms with Crippen LogP contribution in [0.3, 0.4) is 0 Å². The number of nitrogens with zero attached hydrogens (tertiary/aromatic N) is 6. The first-order valence-corrected chi connectivity index (χ1v) is 14.2. The highest BCUT2D eigenvalue weighted by molar-refractivity contribution is 7.17. The number of carbonyl (C=O) groups is 1. The molecule has 2 fully saturated rings. The smallest absolute Gasteiger partial charge is 0.267 e. The Morgan fingerprint density at radius 2 is 1.82 bits per heavy atom. The van der Waals surface area contributed by atoms with E-state index >= 15 is 0 Å². The zero-order chi connectivity index (χ0) is 28.2. The van der Waals surface area contributed by atoms with Gasteiger partial charge in [0, 0.05) is 37.8 Å². The molecule has 2 N–H and O–H groups in total. The number of amides is 1. The fraction of sp³-hybridized carbons (Fsp3) is 0.321. The van der Waals surface area contributed by atoms with E-state index in [1.165, 1.54) is 35.7 Å². The maximum absolute atomic E-state index is 13.3. The van der Waals surface area contributed by atoms with E-state index in [1.807, 2.05) is 19.9 Å². The summed E-state index contributed by atoms with van der Waals surface area (Å²) < 4.78 is 13.3.